The number of aromatic nitrogens is 2. The van der Waals surface area contributed by atoms with Gasteiger partial charge >= 0.3 is 0 Å². The van der Waals surface area contributed by atoms with Crippen molar-refractivity contribution in [1.29, 1.82) is 0 Å². The van der Waals surface area contributed by atoms with Crippen LogP contribution in [0.3, 0.4) is 0 Å². The molecule has 0 saturated heterocycles. The summed E-state index contributed by atoms with van der Waals surface area (Å²) in [5.41, 5.74) is 1.07. The van der Waals surface area contributed by atoms with Gasteiger partial charge in [0.25, 0.3) is 0 Å². The van der Waals surface area contributed by atoms with Gasteiger partial charge in [0.05, 0.1) is 0 Å². The first-order valence-corrected chi connectivity index (χ1v) is 5.81. The zero-order valence-electron chi connectivity index (χ0n) is 8.51. The lowest BCUT2D eigenvalue weighted by molar-refractivity contribution is 0.0979. The van der Waals surface area contributed by atoms with Gasteiger partial charge in [-0.05, 0) is 29.3 Å². The number of nitrogens with zero attached hydrogens (tertiary/aromatic N) is 2. The minimum absolute atomic E-state index is 0.0836. The van der Waals surface area contributed by atoms with E-state index in [1.54, 1.807) is 17.5 Å². The SMILES string of the molecule is CCn1ccnc1C(=O)Cc1ccsc1. The van der Waals surface area contributed by atoms with E-state index in [9.17, 15) is 4.79 Å². The number of Topliss-reactive ketones (excluding diaryl/α,β-unsaturated/α-hetero) is 1. The van der Waals surface area contributed by atoms with Crippen molar-refractivity contribution in [2.24, 2.45) is 0 Å². The molecule has 0 N–H and O–H groups in total. The Labute approximate surface area is 92.4 Å². The molecule has 2 heterocycles. The molecule has 0 unspecified atom stereocenters. The first kappa shape index (κ1) is 10.1. The predicted octanol–water partition coefficient (Wildman–Crippen LogP) is 2.39. The Bertz CT molecular complexity index is 445. The van der Waals surface area contributed by atoms with Crippen LogP contribution in [0.2, 0.25) is 0 Å². The van der Waals surface area contributed by atoms with Crippen molar-refractivity contribution in [3.63, 3.8) is 0 Å². The fraction of sp³-hybridized carbons (Fsp3) is 0.273. The number of rotatable bonds is 4. The number of imidazole rings is 1. The summed E-state index contributed by atoms with van der Waals surface area (Å²) in [4.78, 5) is 16.0. The molecule has 0 saturated carbocycles. The Kier molecular flexibility index (Phi) is 2.97. The van der Waals surface area contributed by atoms with Gasteiger partial charge in [0.15, 0.2) is 5.82 Å². The van der Waals surface area contributed by atoms with Crippen molar-refractivity contribution in [3.8, 4) is 0 Å². The summed E-state index contributed by atoms with van der Waals surface area (Å²) in [5, 5.41) is 3.98. The van der Waals surface area contributed by atoms with E-state index in [0.717, 1.165) is 12.1 Å². The van der Waals surface area contributed by atoms with Gasteiger partial charge in [-0.25, -0.2) is 4.98 Å². The third-order valence-corrected chi connectivity index (χ3v) is 2.98. The van der Waals surface area contributed by atoms with Gasteiger partial charge in [0, 0.05) is 25.4 Å². The maximum Gasteiger partial charge on any atom is 0.202 e. The number of hydrogen-bond acceptors (Lipinski definition) is 3. The highest BCUT2D eigenvalue weighted by molar-refractivity contribution is 7.08. The van der Waals surface area contributed by atoms with Crippen molar-refractivity contribution in [2.45, 2.75) is 19.9 Å². The van der Waals surface area contributed by atoms with Gasteiger partial charge in [0.1, 0.15) is 0 Å². The summed E-state index contributed by atoms with van der Waals surface area (Å²) < 4.78 is 1.87. The smallest absolute Gasteiger partial charge is 0.202 e. The summed E-state index contributed by atoms with van der Waals surface area (Å²) in [6, 6.07) is 1.97. The molecule has 2 aromatic heterocycles. The maximum absolute atomic E-state index is 11.9. The largest absolute Gasteiger partial charge is 0.329 e. The van der Waals surface area contributed by atoms with Crippen molar-refractivity contribution in [3.05, 3.63) is 40.6 Å². The minimum Gasteiger partial charge on any atom is -0.329 e. The zero-order valence-corrected chi connectivity index (χ0v) is 9.33. The molecule has 0 aromatic carbocycles. The predicted molar refractivity (Wildman–Crippen MR) is 60.3 cm³/mol. The minimum atomic E-state index is 0.0836. The lowest BCUT2D eigenvalue weighted by Crippen LogP contribution is -2.11. The molecule has 0 aliphatic rings. The molecule has 0 aliphatic heterocycles. The van der Waals surface area contributed by atoms with E-state index in [4.69, 9.17) is 0 Å². The van der Waals surface area contributed by atoms with Crippen LogP contribution in [0.25, 0.3) is 0 Å². The molecule has 0 amide bonds. The third kappa shape index (κ3) is 2.15. The van der Waals surface area contributed by atoms with Crippen molar-refractivity contribution >= 4 is 17.1 Å². The van der Waals surface area contributed by atoms with Crippen LogP contribution in [0.15, 0.2) is 29.2 Å². The number of ketones is 1. The van der Waals surface area contributed by atoms with Crippen LogP contribution in [-0.4, -0.2) is 15.3 Å². The average molecular weight is 220 g/mol. The van der Waals surface area contributed by atoms with E-state index >= 15 is 0 Å². The Morgan fingerprint density at radius 1 is 1.60 bits per heavy atom. The topological polar surface area (TPSA) is 34.9 Å². The van der Waals surface area contributed by atoms with Crippen molar-refractivity contribution in [1.82, 2.24) is 9.55 Å². The fourth-order valence-corrected chi connectivity index (χ4v) is 2.14. The fourth-order valence-electron chi connectivity index (χ4n) is 1.47. The first-order chi connectivity index (χ1) is 7.31. The van der Waals surface area contributed by atoms with E-state index in [2.05, 4.69) is 4.98 Å². The summed E-state index contributed by atoms with van der Waals surface area (Å²) in [7, 11) is 0. The van der Waals surface area contributed by atoms with E-state index < -0.39 is 0 Å². The number of aryl methyl sites for hydroxylation is 1. The monoisotopic (exact) mass is 220 g/mol. The van der Waals surface area contributed by atoms with Gasteiger partial charge in [-0.2, -0.15) is 11.3 Å². The summed E-state index contributed by atoms with van der Waals surface area (Å²) in [6.45, 7) is 2.79. The molecule has 4 heteroatoms. The number of hydrogen-bond donors (Lipinski definition) is 0. The molecule has 0 aliphatic carbocycles. The van der Waals surface area contributed by atoms with Crippen LogP contribution < -0.4 is 0 Å². The summed E-state index contributed by atoms with van der Waals surface area (Å²) in [5.74, 6) is 0.643. The molecule has 0 radical (unpaired) electrons. The van der Waals surface area contributed by atoms with Gasteiger partial charge in [-0.1, -0.05) is 0 Å². The van der Waals surface area contributed by atoms with Crippen LogP contribution in [0.5, 0.6) is 0 Å². The van der Waals surface area contributed by atoms with Gasteiger partial charge < -0.3 is 4.57 Å². The summed E-state index contributed by atoms with van der Waals surface area (Å²) >= 11 is 1.61. The number of thiophene rings is 1. The lowest BCUT2D eigenvalue weighted by atomic mass is 10.1. The Morgan fingerprint density at radius 2 is 2.47 bits per heavy atom. The Balaban J connectivity index is 2.15. The van der Waals surface area contributed by atoms with Crippen LogP contribution in [0, 0.1) is 0 Å². The summed E-state index contributed by atoms with van der Waals surface area (Å²) in [6.07, 6.45) is 3.95. The first-order valence-electron chi connectivity index (χ1n) is 4.86. The highest BCUT2D eigenvalue weighted by Crippen LogP contribution is 2.10. The zero-order chi connectivity index (χ0) is 10.7. The van der Waals surface area contributed by atoms with Crippen LogP contribution >= 0.6 is 11.3 Å². The molecule has 3 nitrogen and oxygen atoms in total. The molecule has 0 spiro atoms. The van der Waals surface area contributed by atoms with Crippen LogP contribution in [0.1, 0.15) is 23.1 Å². The highest BCUT2D eigenvalue weighted by atomic mass is 32.1. The standard InChI is InChI=1S/C11H12N2OS/c1-2-13-5-4-12-11(13)10(14)7-9-3-6-15-8-9/h3-6,8H,2,7H2,1H3. The molecule has 0 fully saturated rings. The van der Waals surface area contributed by atoms with Gasteiger partial charge in [-0.15, -0.1) is 0 Å². The number of carbonyl (C=O) groups excluding carboxylic acids is 1. The molecular weight excluding hydrogens is 208 g/mol. The molecule has 2 rings (SSSR count). The van der Waals surface area contributed by atoms with Crippen molar-refractivity contribution < 1.29 is 4.79 Å². The molecule has 0 bridgehead atoms. The molecule has 15 heavy (non-hydrogen) atoms. The molecule has 0 atom stereocenters. The number of carbonyl (C=O) groups is 1. The van der Waals surface area contributed by atoms with E-state index in [1.807, 2.05) is 34.5 Å². The normalized spacial score (nSPS) is 10.5. The van der Waals surface area contributed by atoms with E-state index in [0.29, 0.717) is 12.2 Å². The second-order valence-corrected chi connectivity index (χ2v) is 4.05. The highest BCUT2D eigenvalue weighted by Gasteiger charge is 2.12. The van der Waals surface area contributed by atoms with Crippen LogP contribution in [-0.2, 0) is 13.0 Å². The average Bonchev–Trinajstić information content (AvgIpc) is 2.86. The maximum atomic E-state index is 11.9. The second kappa shape index (κ2) is 4.40. The van der Waals surface area contributed by atoms with Gasteiger partial charge in [0.2, 0.25) is 5.78 Å². The quantitative estimate of drug-likeness (QED) is 0.741. The molecule has 2 aromatic rings. The lowest BCUT2D eigenvalue weighted by Gasteiger charge is -2.02. The Hall–Kier alpha value is -1.42. The van der Waals surface area contributed by atoms with E-state index in [-0.39, 0.29) is 5.78 Å². The van der Waals surface area contributed by atoms with Crippen molar-refractivity contribution in [2.75, 3.05) is 0 Å². The molecule has 78 valence electrons. The molecular formula is C11H12N2OS. The second-order valence-electron chi connectivity index (χ2n) is 3.27. The Morgan fingerprint density at radius 3 is 3.13 bits per heavy atom. The van der Waals surface area contributed by atoms with Gasteiger partial charge in [-0.3, -0.25) is 4.79 Å². The van der Waals surface area contributed by atoms with Crippen LogP contribution in [0.4, 0.5) is 0 Å². The van der Waals surface area contributed by atoms with E-state index in [1.165, 1.54) is 0 Å². The third-order valence-electron chi connectivity index (χ3n) is 2.25.